The molecule has 0 amide bonds. The molecule has 2 aromatic heterocycles. The Morgan fingerprint density at radius 1 is 1.09 bits per heavy atom. The summed E-state index contributed by atoms with van der Waals surface area (Å²) in [6, 6.07) is 0.333. The Kier molecular flexibility index (Phi) is 8.14. The minimum atomic E-state index is -0.177. The molecule has 4 rings (SSSR count). The highest BCUT2D eigenvalue weighted by molar-refractivity contribution is 5.86. The molecule has 32 heavy (non-hydrogen) atoms. The van der Waals surface area contributed by atoms with Gasteiger partial charge in [-0.25, -0.2) is 15.0 Å². The van der Waals surface area contributed by atoms with Crippen LogP contribution in [0.4, 0.5) is 5.95 Å². The first-order valence-electron chi connectivity index (χ1n) is 12.6. The number of rotatable bonds is 9. The summed E-state index contributed by atoms with van der Waals surface area (Å²) >= 11 is 0. The molecule has 7 nitrogen and oxygen atoms in total. The van der Waals surface area contributed by atoms with Crippen molar-refractivity contribution in [1.29, 1.82) is 0 Å². The number of aromatic nitrogens is 3. The highest BCUT2D eigenvalue weighted by Gasteiger charge is 2.25. The molecule has 2 aliphatic rings. The number of nitrogens with one attached hydrogen (secondary N) is 2. The first-order chi connectivity index (χ1) is 15.6. The summed E-state index contributed by atoms with van der Waals surface area (Å²) in [6.45, 7) is 6.38. The van der Waals surface area contributed by atoms with Crippen LogP contribution in [0.1, 0.15) is 89.5 Å². The van der Waals surface area contributed by atoms with Crippen molar-refractivity contribution in [3.8, 4) is 5.88 Å². The molecule has 0 aromatic carbocycles. The van der Waals surface area contributed by atoms with Gasteiger partial charge >= 0.3 is 0 Å². The molecule has 2 fully saturated rings. The highest BCUT2D eigenvalue weighted by Crippen LogP contribution is 2.38. The first kappa shape index (κ1) is 23.2. The van der Waals surface area contributed by atoms with Crippen molar-refractivity contribution in [3.63, 3.8) is 0 Å². The molecule has 176 valence electrons. The van der Waals surface area contributed by atoms with Gasteiger partial charge in [-0.05, 0) is 70.9 Å². The van der Waals surface area contributed by atoms with E-state index in [-0.39, 0.29) is 12.2 Å². The van der Waals surface area contributed by atoms with Crippen LogP contribution in [0, 0.1) is 0 Å². The van der Waals surface area contributed by atoms with E-state index in [4.69, 9.17) is 14.7 Å². The van der Waals surface area contributed by atoms with Crippen molar-refractivity contribution in [3.05, 3.63) is 18.0 Å². The van der Waals surface area contributed by atoms with Crippen molar-refractivity contribution in [2.45, 2.75) is 102 Å². The fraction of sp³-hybridized carbons (Fsp3) is 0.720. The zero-order valence-corrected chi connectivity index (χ0v) is 19.6. The fourth-order valence-corrected chi connectivity index (χ4v) is 4.93. The van der Waals surface area contributed by atoms with Gasteiger partial charge in [0.15, 0.2) is 0 Å². The third-order valence-electron chi connectivity index (χ3n) is 6.93. The van der Waals surface area contributed by atoms with E-state index in [0.29, 0.717) is 23.8 Å². The van der Waals surface area contributed by atoms with Gasteiger partial charge in [0.05, 0.1) is 17.0 Å². The molecular formula is C25H39N5O2. The predicted molar refractivity (Wildman–Crippen MR) is 128 cm³/mol. The molecule has 0 spiro atoms. The fourth-order valence-electron chi connectivity index (χ4n) is 4.93. The molecule has 2 aromatic rings. The van der Waals surface area contributed by atoms with E-state index in [9.17, 15) is 5.11 Å². The van der Waals surface area contributed by atoms with Crippen LogP contribution in [0.3, 0.4) is 0 Å². The molecule has 3 N–H and O–H groups in total. The Balaban J connectivity index is 1.60. The van der Waals surface area contributed by atoms with Crippen LogP contribution in [-0.4, -0.2) is 51.4 Å². The summed E-state index contributed by atoms with van der Waals surface area (Å²) in [5, 5.41) is 17.8. The van der Waals surface area contributed by atoms with Crippen LogP contribution in [0.25, 0.3) is 10.9 Å². The number of fused-ring (bicyclic) bond motifs is 1. The zero-order valence-electron chi connectivity index (χ0n) is 19.6. The Labute approximate surface area is 191 Å². The third-order valence-corrected chi connectivity index (χ3v) is 6.93. The third kappa shape index (κ3) is 5.87. The maximum absolute atomic E-state index is 9.97. The summed E-state index contributed by atoms with van der Waals surface area (Å²) in [5.74, 6) is 1.69. The van der Waals surface area contributed by atoms with Crippen molar-refractivity contribution < 1.29 is 9.84 Å². The van der Waals surface area contributed by atoms with Gasteiger partial charge in [-0.2, -0.15) is 0 Å². The average molecular weight is 442 g/mol. The quantitative estimate of drug-likeness (QED) is 0.492. The molecular weight excluding hydrogens is 402 g/mol. The molecule has 0 radical (unpaired) electrons. The SMILES string of the molecule is CCCCC[C@H](C)Nc1ncc2c(OC3CCNCC3)ncc([C@H]3CC[C@H](O)CC3)c2n1. The van der Waals surface area contributed by atoms with E-state index in [1.807, 2.05) is 12.4 Å². The lowest BCUT2D eigenvalue weighted by molar-refractivity contribution is 0.122. The van der Waals surface area contributed by atoms with Gasteiger partial charge in [0, 0.05) is 24.0 Å². The zero-order chi connectivity index (χ0) is 22.3. The standard InChI is InChI=1S/C25H39N5O2/c1-3-4-5-6-17(2)29-25-28-16-22-23(30-25)21(18-7-9-19(31)10-8-18)15-27-24(22)32-20-11-13-26-14-12-20/h15-20,26,31H,3-14H2,1-2H3,(H,28,29,30)/t17-,18-,19-/m0/s1. The molecule has 7 heteroatoms. The van der Waals surface area contributed by atoms with Crippen LogP contribution >= 0.6 is 0 Å². The van der Waals surface area contributed by atoms with Gasteiger partial charge in [-0.15, -0.1) is 0 Å². The Morgan fingerprint density at radius 3 is 2.62 bits per heavy atom. The van der Waals surface area contributed by atoms with E-state index < -0.39 is 0 Å². The molecule has 1 saturated heterocycles. The molecule has 0 unspecified atom stereocenters. The monoisotopic (exact) mass is 441 g/mol. The maximum Gasteiger partial charge on any atom is 0.224 e. The molecule has 1 saturated carbocycles. The van der Waals surface area contributed by atoms with Gasteiger partial charge < -0.3 is 20.5 Å². The topological polar surface area (TPSA) is 92.2 Å². The minimum absolute atomic E-state index is 0.177. The van der Waals surface area contributed by atoms with Gasteiger partial charge in [0.2, 0.25) is 11.8 Å². The highest BCUT2D eigenvalue weighted by atomic mass is 16.5. The second-order valence-electron chi connectivity index (χ2n) is 9.59. The lowest BCUT2D eigenvalue weighted by Crippen LogP contribution is -2.34. The number of unbranched alkanes of at least 4 members (excludes halogenated alkanes) is 2. The van der Waals surface area contributed by atoms with Crippen LogP contribution in [0.2, 0.25) is 0 Å². The predicted octanol–water partition coefficient (Wildman–Crippen LogP) is 4.55. The Bertz CT molecular complexity index is 863. The van der Waals surface area contributed by atoms with Gasteiger partial charge in [-0.1, -0.05) is 26.2 Å². The lowest BCUT2D eigenvalue weighted by Gasteiger charge is -2.27. The lowest BCUT2D eigenvalue weighted by atomic mass is 9.83. The molecule has 1 aliphatic carbocycles. The summed E-state index contributed by atoms with van der Waals surface area (Å²) in [7, 11) is 0. The van der Waals surface area contributed by atoms with Crippen molar-refractivity contribution in [1.82, 2.24) is 20.3 Å². The smallest absolute Gasteiger partial charge is 0.224 e. The van der Waals surface area contributed by atoms with E-state index in [0.717, 1.165) is 74.5 Å². The van der Waals surface area contributed by atoms with Crippen LogP contribution < -0.4 is 15.4 Å². The number of nitrogens with zero attached hydrogens (tertiary/aromatic N) is 3. The van der Waals surface area contributed by atoms with E-state index in [1.54, 1.807) is 0 Å². The average Bonchev–Trinajstić information content (AvgIpc) is 2.81. The number of hydrogen-bond acceptors (Lipinski definition) is 7. The number of pyridine rings is 1. The van der Waals surface area contributed by atoms with Crippen LogP contribution in [0.15, 0.2) is 12.4 Å². The Morgan fingerprint density at radius 2 is 1.88 bits per heavy atom. The van der Waals surface area contributed by atoms with E-state index in [2.05, 4.69) is 29.5 Å². The largest absolute Gasteiger partial charge is 0.474 e. The number of anilines is 1. The number of aliphatic hydroxyl groups is 1. The second-order valence-corrected chi connectivity index (χ2v) is 9.59. The number of hydrogen-bond donors (Lipinski definition) is 3. The number of ether oxygens (including phenoxy) is 1. The normalized spacial score (nSPS) is 23.2. The molecule has 3 heterocycles. The van der Waals surface area contributed by atoms with Crippen LogP contribution in [-0.2, 0) is 0 Å². The molecule has 1 aliphatic heterocycles. The Hall–Kier alpha value is -1.99. The van der Waals surface area contributed by atoms with E-state index in [1.165, 1.54) is 19.3 Å². The molecule has 1 atom stereocenters. The summed E-state index contributed by atoms with van der Waals surface area (Å²) in [6.07, 6.45) is 14.2. The molecule has 0 bridgehead atoms. The van der Waals surface area contributed by atoms with E-state index >= 15 is 0 Å². The van der Waals surface area contributed by atoms with Crippen molar-refractivity contribution >= 4 is 16.9 Å². The van der Waals surface area contributed by atoms with Crippen molar-refractivity contribution in [2.75, 3.05) is 18.4 Å². The minimum Gasteiger partial charge on any atom is -0.474 e. The first-order valence-corrected chi connectivity index (χ1v) is 12.6. The van der Waals surface area contributed by atoms with Crippen LogP contribution in [0.5, 0.6) is 5.88 Å². The van der Waals surface area contributed by atoms with Crippen molar-refractivity contribution in [2.24, 2.45) is 0 Å². The maximum atomic E-state index is 9.97. The number of piperidine rings is 1. The number of aliphatic hydroxyl groups excluding tert-OH is 1. The van der Waals surface area contributed by atoms with Gasteiger partial charge in [0.25, 0.3) is 0 Å². The van der Waals surface area contributed by atoms with Gasteiger partial charge in [0.1, 0.15) is 6.10 Å². The van der Waals surface area contributed by atoms with Gasteiger partial charge in [-0.3, -0.25) is 0 Å². The summed E-state index contributed by atoms with van der Waals surface area (Å²) < 4.78 is 6.32. The summed E-state index contributed by atoms with van der Waals surface area (Å²) in [5.41, 5.74) is 2.11. The second kappa shape index (κ2) is 11.2. The summed E-state index contributed by atoms with van der Waals surface area (Å²) in [4.78, 5) is 14.3.